The second kappa shape index (κ2) is 6.13. The molecular formula is C14H20ClN5. The van der Waals surface area contributed by atoms with Crippen molar-refractivity contribution in [2.24, 2.45) is 0 Å². The van der Waals surface area contributed by atoms with Crippen molar-refractivity contribution < 1.29 is 0 Å². The number of para-hydroxylation sites is 2. The van der Waals surface area contributed by atoms with E-state index in [0.29, 0.717) is 6.04 Å². The first kappa shape index (κ1) is 14.7. The molecule has 6 heteroatoms. The summed E-state index contributed by atoms with van der Waals surface area (Å²) in [5.74, 6) is 1.02. The molecular weight excluding hydrogens is 274 g/mol. The molecule has 0 atom stereocenters. The fraction of sp³-hybridized carbons (Fsp3) is 0.429. The molecule has 0 fully saturated rings. The minimum Gasteiger partial charge on any atom is -0.382 e. The molecule has 5 nitrogen and oxygen atoms in total. The van der Waals surface area contributed by atoms with E-state index in [1.165, 1.54) is 11.4 Å². The van der Waals surface area contributed by atoms with Crippen molar-refractivity contribution in [3.05, 3.63) is 36.4 Å². The lowest BCUT2D eigenvalue weighted by Gasteiger charge is -2.31. The van der Waals surface area contributed by atoms with E-state index in [4.69, 9.17) is 0 Å². The molecule has 0 saturated heterocycles. The summed E-state index contributed by atoms with van der Waals surface area (Å²) in [5, 5.41) is 7.73. The molecule has 1 aliphatic heterocycles. The van der Waals surface area contributed by atoms with Gasteiger partial charge in [-0.25, -0.2) is 9.67 Å². The van der Waals surface area contributed by atoms with Gasteiger partial charge >= 0.3 is 0 Å². The first-order valence-electron chi connectivity index (χ1n) is 6.72. The Hall–Kier alpha value is -1.75. The lowest BCUT2D eigenvalue weighted by molar-refractivity contribution is 0.501. The van der Waals surface area contributed by atoms with E-state index in [1.807, 2.05) is 4.68 Å². The van der Waals surface area contributed by atoms with Crippen molar-refractivity contribution in [1.29, 1.82) is 0 Å². The van der Waals surface area contributed by atoms with Crippen LogP contribution in [-0.4, -0.2) is 27.9 Å². The third kappa shape index (κ3) is 2.72. The van der Waals surface area contributed by atoms with Crippen LogP contribution in [0.25, 0.3) is 0 Å². The molecule has 1 aromatic heterocycles. The molecule has 1 N–H and O–H groups in total. The molecule has 0 unspecified atom stereocenters. The highest BCUT2D eigenvalue weighted by molar-refractivity contribution is 5.85. The van der Waals surface area contributed by atoms with Gasteiger partial charge in [-0.3, -0.25) is 0 Å². The lowest BCUT2D eigenvalue weighted by Crippen LogP contribution is -2.34. The van der Waals surface area contributed by atoms with Crippen LogP contribution >= 0.6 is 12.4 Å². The van der Waals surface area contributed by atoms with Crippen LogP contribution in [0.5, 0.6) is 0 Å². The van der Waals surface area contributed by atoms with Gasteiger partial charge in [0.15, 0.2) is 0 Å². The number of nitrogens with zero attached hydrogens (tertiary/aromatic N) is 4. The molecule has 0 amide bonds. The van der Waals surface area contributed by atoms with Gasteiger partial charge in [-0.1, -0.05) is 12.1 Å². The number of nitrogens with one attached hydrogen (secondary N) is 1. The van der Waals surface area contributed by atoms with Gasteiger partial charge in [0, 0.05) is 19.1 Å². The number of hydrogen-bond donors (Lipinski definition) is 1. The van der Waals surface area contributed by atoms with Crippen LogP contribution in [0.15, 0.2) is 30.6 Å². The SMILES string of the molecule is CC(C)n1ncnc1CN1CCNc2ccccc21.Cl. The summed E-state index contributed by atoms with van der Waals surface area (Å²) in [6, 6.07) is 8.75. The predicted molar refractivity (Wildman–Crippen MR) is 83.6 cm³/mol. The highest BCUT2D eigenvalue weighted by Crippen LogP contribution is 2.29. The molecule has 0 aliphatic carbocycles. The van der Waals surface area contributed by atoms with Crippen LogP contribution in [0.3, 0.4) is 0 Å². The highest BCUT2D eigenvalue weighted by atomic mass is 35.5. The smallest absolute Gasteiger partial charge is 0.146 e. The summed E-state index contributed by atoms with van der Waals surface area (Å²) in [7, 11) is 0. The van der Waals surface area contributed by atoms with E-state index < -0.39 is 0 Å². The van der Waals surface area contributed by atoms with Gasteiger partial charge in [-0.05, 0) is 26.0 Å². The van der Waals surface area contributed by atoms with Crippen LogP contribution in [0.2, 0.25) is 0 Å². The third-order valence-electron chi connectivity index (χ3n) is 3.41. The monoisotopic (exact) mass is 293 g/mol. The van der Waals surface area contributed by atoms with Crippen molar-refractivity contribution in [1.82, 2.24) is 14.8 Å². The molecule has 3 rings (SSSR count). The lowest BCUT2D eigenvalue weighted by atomic mass is 10.2. The Kier molecular flexibility index (Phi) is 4.49. The van der Waals surface area contributed by atoms with E-state index in [0.717, 1.165) is 25.5 Å². The average molecular weight is 294 g/mol. The van der Waals surface area contributed by atoms with E-state index in [9.17, 15) is 0 Å². The van der Waals surface area contributed by atoms with Gasteiger partial charge in [-0.2, -0.15) is 5.10 Å². The van der Waals surface area contributed by atoms with Crippen molar-refractivity contribution >= 4 is 23.8 Å². The average Bonchev–Trinajstić information content (AvgIpc) is 2.87. The van der Waals surface area contributed by atoms with E-state index in [-0.39, 0.29) is 12.4 Å². The zero-order valence-corrected chi connectivity index (χ0v) is 12.6. The van der Waals surface area contributed by atoms with E-state index >= 15 is 0 Å². The molecule has 108 valence electrons. The molecule has 0 saturated carbocycles. The summed E-state index contributed by atoms with van der Waals surface area (Å²) < 4.78 is 1.99. The Morgan fingerprint density at radius 3 is 2.90 bits per heavy atom. The topological polar surface area (TPSA) is 46.0 Å². The van der Waals surface area contributed by atoms with Crippen molar-refractivity contribution in [2.75, 3.05) is 23.3 Å². The maximum absolute atomic E-state index is 4.39. The molecule has 0 radical (unpaired) electrons. The Bertz CT molecular complexity index is 566. The van der Waals surface area contributed by atoms with Crippen LogP contribution in [0.4, 0.5) is 11.4 Å². The van der Waals surface area contributed by atoms with Gasteiger partial charge < -0.3 is 10.2 Å². The summed E-state index contributed by atoms with van der Waals surface area (Å²) in [4.78, 5) is 6.75. The zero-order valence-electron chi connectivity index (χ0n) is 11.8. The minimum absolute atomic E-state index is 0. The molecule has 1 aliphatic rings. The standard InChI is InChI=1S/C14H19N5.ClH/c1-11(2)19-14(16-10-17-19)9-18-8-7-15-12-5-3-4-6-13(12)18;/h3-6,10-11,15H,7-9H2,1-2H3;1H. The first-order chi connectivity index (χ1) is 9.25. The Morgan fingerprint density at radius 2 is 2.10 bits per heavy atom. The van der Waals surface area contributed by atoms with Gasteiger partial charge in [0.2, 0.25) is 0 Å². The van der Waals surface area contributed by atoms with Crippen LogP contribution in [-0.2, 0) is 6.54 Å². The molecule has 0 bridgehead atoms. The van der Waals surface area contributed by atoms with Gasteiger partial charge in [0.05, 0.1) is 17.9 Å². The number of hydrogen-bond acceptors (Lipinski definition) is 4. The molecule has 1 aromatic carbocycles. The Labute approximate surface area is 125 Å². The van der Waals surface area contributed by atoms with Gasteiger partial charge in [0.1, 0.15) is 12.2 Å². The fourth-order valence-corrected chi connectivity index (χ4v) is 2.50. The zero-order chi connectivity index (χ0) is 13.2. The first-order valence-corrected chi connectivity index (χ1v) is 6.72. The second-order valence-electron chi connectivity index (χ2n) is 5.08. The predicted octanol–water partition coefficient (Wildman–Crippen LogP) is 2.71. The van der Waals surface area contributed by atoms with E-state index in [1.54, 1.807) is 6.33 Å². The fourth-order valence-electron chi connectivity index (χ4n) is 2.50. The molecule has 20 heavy (non-hydrogen) atoms. The van der Waals surface area contributed by atoms with Crippen molar-refractivity contribution in [2.45, 2.75) is 26.4 Å². The molecule has 2 heterocycles. The largest absolute Gasteiger partial charge is 0.382 e. The summed E-state index contributed by atoms with van der Waals surface area (Å²) in [6.45, 7) is 7.01. The quantitative estimate of drug-likeness (QED) is 0.945. The number of fused-ring (bicyclic) bond motifs is 1. The summed E-state index contributed by atoms with van der Waals surface area (Å²) in [5.41, 5.74) is 2.44. The normalized spacial score (nSPS) is 13.7. The molecule has 2 aromatic rings. The number of anilines is 2. The summed E-state index contributed by atoms with van der Waals surface area (Å²) >= 11 is 0. The molecule has 0 spiro atoms. The summed E-state index contributed by atoms with van der Waals surface area (Å²) in [6.07, 6.45) is 1.64. The number of rotatable bonds is 3. The van der Waals surface area contributed by atoms with E-state index in [2.05, 4.69) is 58.4 Å². The third-order valence-corrected chi connectivity index (χ3v) is 3.41. The number of benzene rings is 1. The van der Waals surface area contributed by atoms with Gasteiger partial charge in [0.25, 0.3) is 0 Å². The van der Waals surface area contributed by atoms with Crippen LogP contribution in [0, 0.1) is 0 Å². The van der Waals surface area contributed by atoms with Crippen molar-refractivity contribution in [3.8, 4) is 0 Å². The number of halogens is 1. The van der Waals surface area contributed by atoms with Crippen LogP contribution < -0.4 is 10.2 Å². The Balaban J connectivity index is 0.00000147. The maximum Gasteiger partial charge on any atom is 0.146 e. The maximum atomic E-state index is 4.39. The second-order valence-corrected chi connectivity index (χ2v) is 5.08. The van der Waals surface area contributed by atoms with Gasteiger partial charge in [-0.15, -0.1) is 12.4 Å². The van der Waals surface area contributed by atoms with Crippen molar-refractivity contribution in [3.63, 3.8) is 0 Å². The highest BCUT2D eigenvalue weighted by Gasteiger charge is 2.18. The number of aromatic nitrogens is 3. The van der Waals surface area contributed by atoms with Crippen LogP contribution in [0.1, 0.15) is 25.7 Å². The minimum atomic E-state index is 0. The Morgan fingerprint density at radius 1 is 1.30 bits per heavy atom.